The first-order valence-electron chi connectivity index (χ1n) is 8.01. The van der Waals surface area contributed by atoms with Gasteiger partial charge in [-0.15, -0.1) is 0 Å². The van der Waals surface area contributed by atoms with Gasteiger partial charge in [0.25, 0.3) is 11.1 Å². The van der Waals surface area contributed by atoms with Gasteiger partial charge in [0.15, 0.2) is 0 Å². The summed E-state index contributed by atoms with van der Waals surface area (Å²) in [4.78, 5) is 26.4. The van der Waals surface area contributed by atoms with Gasteiger partial charge in [0.05, 0.1) is 11.4 Å². The molecular weight excluding hydrogens is 405 g/mol. The maximum Gasteiger partial charge on any atom is 0.293 e. The summed E-state index contributed by atoms with van der Waals surface area (Å²) in [7, 11) is 0. The molecule has 4 nitrogen and oxygen atoms in total. The SMILES string of the molecule is C=CCOc1ccc(/C=C2\SC(=O)N(Cc3c(Cl)cccc3Cl)C2=O)cc1. The largest absolute Gasteiger partial charge is 0.490 e. The number of hydrogen-bond donors (Lipinski definition) is 0. The van der Waals surface area contributed by atoms with Gasteiger partial charge >= 0.3 is 0 Å². The number of ether oxygens (including phenoxy) is 1. The first-order valence-corrected chi connectivity index (χ1v) is 9.59. The molecule has 2 aromatic rings. The van der Waals surface area contributed by atoms with E-state index < -0.39 is 0 Å². The van der Waals surface area contributed by atoms with Crippen molar-refractivity contribution >= 4 is 52.2 Å². The van der Waals surface area contributed by atoms with E-state index in [2.05, 4.69) is 6.58 Å². The number of benzene rings is 2. The van der Waals surface area contributed by atoms with Crippen LogP contribution >= 0.6 is 35.0 Å². The summed E-state index contributed by atoms with van der Waals surface area (Å²) in [5.41, 5.74) is 1.34. The minimum absolute atomic E-state index is 0.0366. The molecule has 2 aromatic carbocycles. The number of carbonyl (C=O) groups is 2. The molecule has 1 heterocycles. The van der Waals surface area contributed by atoms with Gasteiger partial charge in [-0.25, -0.2) is 0 Å². The van der Waals surface area contributed by atoms with Gasteiger partial charge in [-0.05, 0) is 47.7 Å². The van der Waals surface area contributed by atoms with Crippen LogP contribution in [-0.4, -0.2) is 22.7 Å². The van der Waals surface area contributed by atoms with Crippen LogP contribution in [0.4, 0.5) is 4.79 Å². The van der Waals surface area contributed by atoms with E-state index in [4.69, 9.17) is 27.9 Å². The molecule has 0 aromatic heterocycles. The second-order valence-corrected chi connectivity index (χ2v) is 7.44. The van der Waals surface area contributed by atoms with E-state index in [9.17, 15) is 9.59 Å². The standard InChI is InChI=1S/C20H15Cl2NO3S/c1-2-10-26-14-8-6-13(7-9-14)11-18-19(24)23(20(25)27-18)12-15-16(21)4-3-5-17(15)22/h2-9,11H,1,10,12H2/b18-11-. The number of nitrogens with zero attached hydrogens (tertiary/aromatic N) is 1. The lowest BCUT2D eigenvalue weighted by Gasteiger charge is -2.14. The molecule has 2 amide bonds. The van der Waals surface area contributed by atoms with Gasteiger partial charge in [-0.3, -0.25) is 14.5 Å². The maximum atomic E-state index is 12.6. The van der Waals surface area contributed by atoms with Crippen LogP contribution in [0.1, 0.15) is 11.1 Å². The van der Waals surface area contributed by atoms with Gasteiger partial charge in [-0.2, -0.15) is 0 Å². The highest BCUT2D eigenvalue weighted by Crippen LogP contribution is 2.35. The smallest absolute Gasteiger partial charge is 0.293 e. The molecule has 1 aliphatic rings. The van der Waals surface area contributed by atoms with Crippen molar-refractivity contribution in [2.24, 2.45) is 0 Å². The lowest BCUT2D eigenvalue weighted by Crippen LogP contribution is -2.27. The molecule has 0 atom stereocenters. The van der Waals surface area contributed by atoms with Crippen molar-refractivity contribution in [2.75, 3.05) is 6.61 Å². The first-order chi connectivity index (χ1) is 13.0. The van der Waals surface area contributed by atoms with Crippen molar-refractivity contribution in [3.05, 3.63) is 81.2 Å². The van der Waals surface area contributed by atoms with E-state index >= 15 is 0 Å². The molecule has 1 fully saturated rings. The highest BCUT2D eigenvalue weighted by atomic mass is 35.5. The Morgan fingerprint density at radius 2 is 1.74 bits per heavy atom. The summed E-state index contributed by atoms with van der Waals surface area (Å²) in [5, 5.41) is 0.481. The predicted molar refractivity (Wildman–Crippen MR) is 110 cm³/mol. The molecule has 0 bridgehead atoms. The summed E-state index contributed by atoms with van der Waals surface area (Å²) in [6.45, 7) is 4.05. The van der Waals surface area contributed by atoms with Crippen LogP contribution in [0.5, 0.6) is 5.75 Å². The average Bonchev–Trinajstić information content (AvgIpc) is 2.91. The number of hydrogen-bond acceptors (Lipinski definition) is 4. The number of thioether (sulfide) groups is 1. The Kier molecular flexibility index (Phi) is 6.26. The lowest BCUT2D eigenvalue weighted by molar-refractivity contribution is -0.123. The fraction of sp³-hybridized carbons (Fsp3) is 0.100. The van der Waals surface area contributed by atoms with Gasteiger partial charge in [0.2, 0.25) is 0 Å². The molecule has 1 aliphatic heterocycles. The summed E-state index contributed by atoms with van der Waals surface area (Å²) < 4.78 is 5.43. The Labute approximate surface area is 171 Å². The highest BCUT2D eigenvalue weighted by molar-refractivity contribution is 8.18. The minimum atomic E-state index is -0.368. The van der Waals surface area contributed by atoms with Crippen molar-refractivity contribution in [2.45, 2.75) is 6.54 Å². The predicted octanol–water partition coefficient (Wildman–Crippen LogP) is 5.79. The van der Waals surface area contributed by atoms with E-state index in [0.29, 0.717) is 32.9 Å². The second kappa shape index (κ2) is 8.65. The quantitative estimate of drug-likeness (QED) is 0.438. The molecule has 138 valence electrons. The van der Waals surface area contributed by atoms with Gasteiger partial charge in [0, 0.05) is 15.6 Å². The first kappa shape index (κ1) is 19.5. The number of amides is 2. The zero-order chi connectivity index (χ0) is 19.4. The van der Waals surface area contributed by atoms with Crippen molar-refractivity contribution < 1.29 is 14.3 Å². The third kappa shape index (κ3) is 4.56. The number of carbonyl (C=O) groups excluding carboxylic acids is 2. The number of halogens is 2. The maximum absolute atomic E-state index is 12.6. The van der Waals surface area contributed by atoms with E-state index in [1.54, 1.807) is 42.5 Å². The monoisotopic (exact) mass is 419 g/mol. The topological polar surface area (TPSA) is 46.6 Å². The van der Waals surface area contributed by atoms with Crippen LogP contribution in [0.15, 0.2) is 60.0 Å². The Bertz CT molecular complexity index is 905. The number of rotatable bonds is 6. The van der Waals surface area contributed by atoms with Crippen LogP contribution in [0.3, 0.4) is 0 Å². The van der Waals surface area contributed by atoms with Crippen LogP contribution in [0.25, 0.3) is 6.08 Å². The van der Waals surface area contributed by atoms with Crippen molar-refractivity contribution in [1.29, 1.82) is 0 Å². The molecule has 1 saturated heterocycles. The van der Waals surface area contributed by atoms with Crippen molar-refractivity contribution in [3.63, 3.8) is 0 Å². The minimum Gasteiger partial charge on any atom is -0.490 e. The van der Waals surface area contributed by atoms with E-state index in [0.717, 1.165) is 22.2 Å². The zero-order valence-corrected chi connectivity index (χ0v) is 16.5. The van der Waals surface area contributed by atoms with Gasteiger partial charge in [0.1, 0.15) is 12.4 Å². The molecule has 0 radical (unpaired) electrons. The molecule has 7 heteroatoms. The number of imide groups is 1. The Balaban J connectivity index is 1.77. The molecular formula is C20H15Cl2NO3S. The summed E-state index contributed by atoms with van der Waals surface area (Å²) in [6.07, 6.45) is 3.34. The van der Waals surface area contributed by atoms with E-state index in [1.165, 1.54) is 0 Å². The Morgan fingerprint density at radius 1 is 1.07 bits per heavy atom. The highest BCUT2D eigenvalue weighted by Gasteiger charge is 2.35. The summed E-state index contributed by atoms with van der Waals surface area (Å²) in [6, 6.07) is 12.3. The molecule has 0 N–H and O–H groups in total. The summed E-state index contributed by atoms with van der Waals surface area (Å²) in [5.74, 6) is 0.335. The normalized spacial score (nSPS) is 15.5. The van der Waals surface area contributed by atoms with Crippen molar-refractivity contribution in [3.8, 4) is 5.75 Å². The van der Waals surface area contributed by atoms with Crippen LogP contribution in [0, 0.1) is 0 Å². The molecule has 0 aliphatic carbocycles. The van der Waals surface area contributed by atoms with E-state index in [-0.39, 0.29) is 17.7 Å². The average molecular weight is 420 g/mol. The van der Waals surface area contributed by atoms with Crippen LogP contribution < -0.4 is 4.74 Å². The van der Waals surface area contributed by atoms with Crippen LogP contribution in [0.2, 0.25) is 10.0 Å². The molecule has 0 spiro atoms. The van der Waals surface area contributed by atoms with Crippen LogP contribution in [-0.2, 0) is 11.3 Å². The Morgan fingerprint density at radius 3 is 2.37 bits per heavy atom. The third-order valence-electron chi connectivity index (χ3n) is 3.80. The van der Waals surface area contributed by atoms with Crippen molar-refractivity contribution in [1.82, 2.24) is 4.90 Å². The molecule has 0 saturated carbocycles. The Hall–Kier alpha value is -2.21. The molecule has 3 rings (SSSR count). The third-order valence-corrected chi connectivity index (χ3v) is 5.41. The lowest BCUT2D eigenvalue weighted by atomic mass is 10.2. The van der Waals surface area contributed by atoms with E-state index in [1.807, 2.05) is 12.1 Å². The molecule has 27 heavy (non-hydrogen) atoms. The van der Waals surface area contributed by atoms with Gasteiger partial charge in [-0.1, -0.05) is 54.1 Å². The fourth-order valence-electron chi connectivity index (χ4n) is 2.44. The van der Waals surface area contributed by atoms with Gasteiger partial charge < -0.3 is 4.74 Å². The second-order valence-electron chi connectivity index (χ2n) is 5.64. The summed E-state index contributed by atoms with van der Waals surface area (Å²) >= 11 is 13.2. The zero-order valence-electron chi connectivity index (χ0n) is 14.2. The molecule has 0 unspecified atom stereocenters. The fourth-order valence-corrected chi connectivity index (χ4v) is 3.80.